The number of thiophene rings is 1. The number of likely N-dealkylation sites (N-methyl/N-ethyl adjacent to an activating group) is 1. The second kappa shape index (κ2) is 7.38. The van der Waals surface area contributed by atoms with Crippen molar-refractivity contribution in [2.75, 3.05) is 33.2 Å². The molecule has 0 radical (unpaired) electrons. The Labute approximate surface area is 132 Å². The van der Waals surface area contributed by atoms with E-state index in [0.717, 1.165) is 19.6 Å². The van der Waals surface area contributed by atoms with E-state index in [2.05, 4.69) is 54.4 Å². The maximum Gasteiger partial charge on any atom is 0.234 e. The number of amides is 1. The highest BCUT2D eigenvalue weighted by molar-refractivity contribution is 7.10. The summed E-state index contributed by atoms with van der Waals surface area (Å²) in [5, 5.41) is 5.28. The van der Waals surface area contributed by atoms with Gasteiger partial charge in [0.1, 0.15) is 0 Å². The van der Waals surface area contributed by atoms with Crippen LogP contribution in [0.2, 0.25) is 0 Å². The molecule has 0 aromatic carbocycles. The number of rotatable bonds is 5. The zero-order valence-corrected chi connectivity index (χ0v) is 14.3. The van der Waals surface area contributed by atoms with Crippen LogP contribution in [0.3, 0.4) is 0 Å². The van der Waals surface area contributed by atoms with Crippen molar-refractivity contribution in [3.63, 3.8) is 0 Å². The molecule has 0 spiro atoms. The molecule has 0 aliphatic carbocycles. The second-order valence-electron chi connectivity index (χ2n) is 6.39. The standard InChI is InChI=1S/C16H27N3OS/c1-12(2)16(14-6-5-9-21-14)17-15(20)11-19-8-7-18(4)10-13(19)3/h5-6,9,12-13,16H,7-8,10-11H2,1-4H3,(H,17,20)/t13-,16-/m1/s1. The fourth-order valence-corrected chi connectivity index (χ4v) is 3.80. The van der Waals surface area contributed by atoms with E-state index in [9.17, 15) is 4.79 Å². The van der Waals surface area contributed by atoms with E-state index in [-0.39, 0.29) is 11.9 Å². The molecule has 1 aliphatic heterocycles. The Balaban J connectivity index is 1.91. The van der Waals surface area contributed by atoms with Crippen molar-refractivity contribution in [1.82, 2.24) is 15.1 Å². The maximum absolute atomic E-state index is 12.4. The topological polar surface area (TPSA) is 35.6 Å². The second-order valence-corrected chi connectivity index (χ2v) is 7.37. The number of carbonyl (C=O) groups is 1. The zero-order chi connectivity index (χ0) is 15.4. The third-order valence-corrected chi connectivity index (χ3v) is 5.10. The molecule has 21 heavy (non-hydrogen) atoms. The van der Waals surface area contributed by atoms with Crippen LogP contribution in [0.15, 0.2) is 17.5 Å². The van der Waals surface area contributed by atoms with Crippen LogP contribution in [0.25, 0.3) is 0 Å². The lowest BCUT2D eigenvalue weighted by Gasteiger charge is -2.38. The van der Waals surface area contributed by atoms with E-state index >= 15 is 0 Å². The van der Waals surface area contributed by atoms with E-state index in [1.165, 1.54) is 4.88 Å². The molecular weight excluding hydrogens is 282 g/mol. The average Bonchev–Trinajstić information content (AvgIpc) is 2.92. The molecule has 2 rings (SSSR count). The summed E-state index contributed by atoms with van der Waals surface area (Å²) in [6.45, 7) is 10.1. The lowest BCUT2D eigenvalue weighted by Crippen LogP contribution is -2.53. The lowest BCUT2D eigenvalue weighted by molar-refractivity contribution is -0.124. The van der Waals surface area contributed by atoms with Crippen LogP contribution < -0.4 is 5.32 Å². The average molecular weight is 309 g/mol. The molecule has 2 heterocycles. The normalized spacial score (nSPS) is 22.4. The van der Waals surface area contributed by atoms with Crippen LogP contribution in [0, 0.1) is 5.92 Å². The van der Waals surface area contributed by atoms with Crippen molar-refractivity contribution < 1.29 is 4.79 Å². The fourth-order valence-electron chi connectivity index (χ4n) is 2.85. The van der Waals surface area contributed by atoms with Crippen molar-refractivity contribution in [2.45, 2.75) is 32.9 Å². The monoisotopic (exact) mass is 309 g/mol. The molecule has 1 fully saturated rings. The Morgan fingerprint density at radius 2 is 2.24 bits per heavy atom. The minimum Gasteiger partial charge on any atom is -0.347 e. The van der Waals surface area contributed by atoms with Crippen LogP contribution in [0.5, 0.6) is 0 Å². The molecule has 118 valence electrons. The van der Waals surface area contributed by atoms with Crippen molar-refractivity contribution in [1.29, 1.82) is 0 Å². The Kier molecular flexibility index (Phi) is 5.79. The summed E-state index contributed by atoms with van der Waals surface area (Å²) < 4.78 is 0. The van der Waals surface area contributed by atoms with Crippen molar-refractivity contribution in [2.24, 2.45) is 5.92 Å². The van der Waals surface area contributed by atoms with Gasteiger partial charge in [-0.2, -0.15) is 0 Å². The molecule has 1 aromatic rings. The van der Waals surface area contributed by atoms with Crippen LogP contribution >= 0.6 is 11.3 Å². The highest BCUT2D eigenvalue weighted by atomic mass is 32.1. The first-order valence-corrected chi connectivity index (χ1v) is 8.60. The van der Waals surface area contributed by atoms with Crippen LogP contribution in [0.4, 0.5) is 0 Å². The Bertz CT molecular complexity index is 446. The minimum atomic E-state index is 0.125. The molecule has 0 bridgehead atoms. The minimum absolute atomic E-state index is 0.125. The van der Waals surface area contributed by atoms with E-state index in [0.29, 0.717) is 18.5 Å². The van der Waals surface area contributed by atoms with Gasteiger partial charge in [-0.1, -0.05) is 19.9 Å². The smallest absolute Gasteiger partial charge is 0.234 e. The fraction of sp³-hybridized carbons (Fsp3) is 0.688. The van der Waals surface area contributed by atoms with Gasteiger partial charge in [0, 0.05) is 30.6 Å². The molecule has 1 saturated heterocycles. The number of piperazine rings is 1. The third-order valence-electron chi connectivity index (χ3n) is 4.15. The number of hydrogen-bond donors (Lipinski definition) is 1. The van der Waals surface area contributed by atoms with Gasteiger partial charge < -0.3 is 10.2 Å². The Morgan fingerprint density at radius 3 is 2.81 bits per heavy atom. The lowest BCUT2D eigenvalue weighted by atomic mass is 10.0. The van der Waals surface area contributed by atoms with Crippen molar-refractivity contribution in [3.05, 3.63) is 22.4 Å². The largest absolute Gasteiger partial charge is 0.347 e. The molecule has 2 atom stereocenters. The summed E-state index contributed by atoms with van der Waals surface area (Å²) in [7, 11) is 2.14. The van der Waals surface area contributed by atoms with E-state index < -0.39 is 0 Å². The molecule has 0 saturated carbocycles. The van der Waals surface area contributed by atoms with Crippen LogP contribution in [-0.4, -0.2) is 55.0 Å². The summed E-state index contributed by atoms with van der Waals surface area (Å²) in [5.41, 5.74) is 0. The van der Waals surface area contributed by atoms with Gasteiger partial charge in [0.05, 0.1) is 12.6 Å². The first kappa shape index (κ1) is 16.5. The maximum atomic E-state index is 12.4. The zero-order valence-electron chi connectivity index (χ0n) is 13.5. The van der Waals surface area contributed by atoms with E-state index in [1.807, 2.05) is 6.07 Å². The molecule has 1 amide bonds. The molecule has 1 N–H and O–H groups in total. The number of nitrogens with zero attached hydrogens (tertiary/aromatic N) is 2. The van der Waals surface area contributed by atoms with E-state index in [4.69, 9.17) is 0 Å². The summed E-state index contributed by atoms with van der Waals surface area (Å²) in [4.78, 5) is 18.2. The Hall–Kier alpha value is -0.910. The van der Waals surface area contributed by atoms with Crippen LogP contribution in [0.1, 0.15) is 31.7 Å². The van der Waals surface area contributed by atoms with Gasteiger partial charge in [-0.25, -0.2) is 0 Å². The summed E-state index contributed by atoms with van der Waals surface area (Å²) in [5.74, 6) is 0.538. The molecule has 4 nitrogen and oxygen atoms in total. The van der Waals surface area contributed by atoms with Gasteiger partial charge in [-0.05, 0) is 31.3 Å². The van der Waals surface area contributed by atoms with Gasteiger partial charge in [0.2, 0.25) is 5.91 Å². The summed E-state index contributed by atoms with van der Waals surface area (Å²) in [6.07, 6.45) is 0. The molecule has 0 unspecified atom stereocenters. The molecular formula is C16H27N3OS. The van der Waals surface area contributed by atoms with Crippen molar-refractivity contribution >= 4 is 17.2 Å². The first-order valence-electron chi connectivity index (χ1n) is 7.72. The number of hydrogen-bond acceptors (Lipinski definition) is 4. The van der Waals surface area contributed by atoms with Gasteiger partial charge in [0.25, 0.3) is 0 Å². The molecule has 1 aromatic heterocycles. The SMILES string of the molecule is CC(C)[C@@H](NC(=O)CN1CCN(C)C[C@H]1C)c1cccs1. The summed E-state index contributed by atoms with van der Waals surface area (Å²) in [6, 6.07) is 4.71. The predicted molar refractivity (Wildman–Crippen MR) is 88.6 cm³/mol. The van der Waals surface area contributed by atoms with E-state index in [1.54, 1.807) is 11.3 Å². The number of nitrogens with one attached hydrogen (secondary N) is 1. The third kappa shape index (κ3) is 4.53. The highest BCUT2D eigenvalue weighted by Gasteiger charge is 2.25. The highest BCUT2D eigenvalue weighted by Crippen LogP contribution is 2.25. The first-order chi connectivity index (χ1) is 9.97. The molecule has 1 aliphatic rings. The summed E-state index contributed by atoms with van der Waals surface area (Å²) >= 11 is 1.71. The molecule has 5 heteroatoms. The van der Waals surface area contributed by atoms with Gasteiger partial charge in [-0.15, -0.1) is 11.3 Å². The van der Waals surface area contributed by atoms with Gasteiger partial charge >= 0.3 is 0 Å². The van der Waals surface area contributed by atoms with Crippen molar-refractivity contribution in [3.8, 4) is 0 Å². The van der Waals surface area contributed by atoms with Gasteiger partial charge in [0.15, 0.2) is 0 Å². The Morgan fingerprint density at radius 1 is 1.48 bits per heavy atom. The quantitative estimate of drug-likeness (QED) is 0.906. The van der Waals surface area contributed by atoms with Crippen LogP contribution in [-0.2, 0) is 4.79 Å². The van der Waals surface area contributed by atoms with Gasteiger partial charge in [-0.3, -0.25) is 9.69 Å². The number of carbonyl (C=O) groups excluding carboxylic acids is 1. The predicted octanol–water partition coefficient (Wildman–Crippen LogP) is 2.20.